The second-order valence-corrected chi connectivity index (χ2v) is 4.67. The first-order valence-electron chi connectivity index (χ1n) is 6.44. The maximum Gasteiger partial charge on any atom is 0.272 e. The van der Waals surface area contributed by atoms with Crippen molar-refractivity contribution < 1.29 is 9.90 Å². The second kappa shape index (κ2) is 5.97. The fourth-order valence-corrected chi connectivity index (χ4v) is 2.11. The van der Waals surface area contributed by atoms with Crippen molar-refractivity contribution in [2.45, 2.75) is 38.3 Å². The van der Waals surface area contributed by atoms with E-state index in [0.717, 1.165) is 25.1 Å². The van der Waals surface area contributed by atoms with Crippen molar-refractivity contribution in [1.82, 2.24) is 20.8 Å². The molecule has 1 amide bonds. The molecule has 0 aliphatic carbocycles. The van der Waals surface area contributed by atoms with Crippen LogP contribution < -0.4 is 10.6 Å². The quantitative estimate of drug-likeness (QED) is 0.598. The van der Waals surface area contributed by atoms with E-state index in [2.05, 4.69) is 27.8 Å². The van der Waals surface area contributed by atoms with Crippen molar-refractivity contribution in [3.05, 3.63) is 17.5 Å². The summed E-state index contributed by atoms with van der Waals surface area (Å²) in [7, 11) is 0. The van der Waals surface area contributed by atoms with Gasteiger partial charge in [-0.1, -0.05) is 13.3 Å². The van der Waals surface area contributed by atoms with E-state index in [0.29, 0.717) is 18.7 Å². The van der Waals surface area contributed by atoms with Gasteiger partial charge in [0.2, 0.25) is 0 Å². The molecular formula is C12H20N4O2. The number of carbonyl (C=O) groups is 1. The lowest BCUT2D eigenvalue weighted by molar-refractivity contribution is 0.0751. The molecule has 1 fully saturated rings. The van der Waals surface area contributed by atoms with Crippen molar-refractivity contribution in [2.75, 3.05) is 13.1 Å². The van der Waals surface area contributed by atoms with Gasteiger partial charge in [-0.3, -0.25) is 9.89 Å². The molecule has 2 heterocycles. The topological polar surface area (TPSA) is 90.0 Å². The van der Waals surface area contributed by atoms with Crippen LogP contribution in [0.5, 0.6) is 0 Å². The van der Waals surface area contributed by atoms with E-state index >= 15 is 0 Å². The number of hydrogen-bond donors (Lipinski definition) is 4. The molecule has 6 heteroatoms. The first kappa shape index (κ1) is 13.0. The predicted octanol–water partition coefficient (Wildman–Crippen LogP) is -0.185. The summed E-state index contributed by atoms with van der Waals surface area (Å²) in [5.41, 5.74) is 1.35. The SMILES string of the molecule is CCCc1cc(C(=O)N[C@H]2CNCC[C@H]2O)n[nH]1. The Kier molecular flexibility index (Phi) is 4.33. The molecule has 0 saturated carbocycles. The number of piperidine rings is 1. The van der Waals surface area contributed by atoms with Crippen LogP contribution in [-0.2, 0) is 6.42 Å². The Morgan fingerprint density at radius 1 is 1.67 bits per heavy atom. The summed E-state index contributed by atoms with van der Waals surface area (Å²) in [5.74, 6) is -0.235. The second-order valence-electron chi connectivity index (χ2n) is 4.67. The highest BCUT2D eigenvalue weighted by Crippen LogP contribution is 2.06. The van der Waals surface area contributed by atoms with Crippen LogP contribution in [-0.4, -0.2) is 46.4 Å². The van der Waals surface area contributed by atoms with Crippen molar-refractivity contribution in [3.63, 3.8) is 0 Å². The molecule has 0 bridgehead atoms. The van der Waals surface area contributed by atoms with Crippen molar-refractivity contribution >= 4 is 5.91 Å². The summed E-state index contributed by atoms with van der Waals surface area (Å²) in [6.07, 6.45) is 2.07. The van der Waals surface area contributed by atoms with E-state index in [1.807, 2.05) is 0 Å². The Labute approximate surface area is 106 Å². The number of aromatic nitrogens is 2. The van der Waals surface area contributed by atoms with Gasteiger partial charge in [0.25, 0.3) is 5.91 Å². The third-order valence-corrected chi connectivity index (χ3v) is 3.14. The number of nitrogens with zero attached hydrogens (tertiary/aromatic N) is 1. The molecule has 0 spiro atoms. The Morgan fingerprint density at radius 2 is 2.50 bits per heavy atom. The zero-order valence-electron chi connectivity index (χ0n) is 10.6. The summed E-state index contributed by atoms with van der Waals surface area (Å²) in [6, 6.07) is 1.53. The third-order valence-electron chi connectivity index (χ3n) is 3.14. The standard InChI is InChI=1S/C12H20N4O2/c1-2-3-8-6-9(16-15-8)12(18)14-10-7-13-5-4-11(10)17/h6,10-11,13,17H,2-5,7H2,1H3,(H,14,18)(H,15,16)/t10-,11+/m0/s1. The molecule has 2 atom stereocenters. The van der Waals surface area contributed by atoms with Gasteiger partial charge in [-0.2, -0.15) is 5.10 Å². The first-order valence-corrected chi connectivity index (χ1v) is 6.44. The summed E-state index contributed by atoms with van der Waals surface area (Å²) in [5, 5.41) is 22.6. The normalized spacial score (nSPS) is 23.9. The summed E-state index contributed by atoms with van der Waals surface area (Å²) < 4.78 is 0. The van der Waals surface area contributed by atoms with Gasteiger partial charge in [0.1, 0.15) is 5.69 Å². The zero-order valence-corrected chi connectivity index (χ0v) is 10.6. The van der Waals surface area contributed by atoms with E-state index in [1.54, 1.807) is 6.07 Å². The molecule has 1 aliphatic rings. The Bertz CT molecular complexity index is 405. The predicted molar refractivity (Wildman–Crippen MR) is 67.3 cm³/mol. The third kappa shape index (κ3) is 3.08. The molecule has 2 rings (SSSR count). The molecule has 1 saturated heterocycles. The summed E-state index contributed by atoms with van der Waals surface area (Å²) in [4.78, 5) is 11.9. The Balaban J connectivity index is 1.93. The van der Waals surface area contributed by atoms with E-state index in [-0.39, 0.29) is 11.9 Å². The van der Waals surface area contributed by atoms with Crippen molar-refractivity contribution in [2.24, 2.45) is 0 Å². The van der Waals surface area contributed by atoms with E-state index in [9.17, 15) is 9.90 Å². The minimum absolute atomic E-state index is 0.235. The molecule has 1 aliphatic heterocycles. The molecule has 100 valence electrons. The average molecular weight is 252 g/mol. The molecule has 4 N–H and O–H groups in total. The minimum atomic E-state index is -0.482. The highest BCUT2D eigenvalue weighted by molar-refractivity contribution is 5.92. The van der Waals surface area contributed by atoms with E-state index in [1.165, 1.54) is 0 Å². The monoisotopic (exact) mass is 252 g/mol. The van der Waals surface area contributed by atoms with Crippen LogP contribution >= 0.6 is 0 Å². The molecule has 18 heavy (non-hydrogen) atoms. The maximum atomic E-state index is 11.9. The minimum Gasteiger partial charge on any atom is -0.391 e. The van der Waals surface area contributed by atoms with Gasteiger partial charge in [0.05, 0.1) is 12.1 Å². The van der Waals surface area contributed by atoms with Gasteiger partial charge < -0.3 is 15.7 Å². The zero-order chi connectivity index (χ0) is 13.0. The summed E-state index contributed by atoms with van der Waals surface area (Å²) >= 11 is 0. The van der Waals surface area contributed by atoms with E-state index < -0.39 is 6.10 Å². The first-order chi connectivity index (χ1) is 8.70. The van der Waals surface area contributed by atoms with Crippen molar-refractivity contribution in [1.29, 1.82) is 0 Å². The molecule has 1 aromatic rings. The van der Waals surface area contributed by atoms with Crippen LogP contribution in [0.2, 0.25) is 0 Å². The fraction of sp³-hybridized carbons (Fsp3) is 0.667. The van der Waals surface area contributed by atoms with Gasteiger partial charge in [-0.15, -0.1) is 0 Å². The lowest BCUT2D eigenvalue weighted by Crippen LogP contribution is -2.53. The number of rotatable bonds is 4. The lowest BCUT2D eigenvalue weighted by Gasteiger charge is -2.28. The lowest BCUT2D eigenvalue weighted by atomic mass is 10.0. The van der Waals surface area contributed by atoms with Crippen LogP contribution in [0.1, 0.15) is 35.9 Å². The number of carbonyl (C=O) groups excluding carboxylic acids is 1. The van der Waals surface area contributed by atoms with Crippen LogP contribution in [0, 0.1) is 0 Å². The fourth-order valence-electron chi connectivity index (χ4n) is 2.11. The Morgan fingerprint density at radius 3 is 3.22 bits per heavy atom. The number of nitrogens with one attached hydrogen (secondary N) is 3. The van der Waals surface area contributed by atoms with E-state index in [4.69, 9.17) is 0 Å². The van der Waals surface area contributed by atoms with Gasteiger partial charge in [-0.05, 0) is 25.5 Å². The number of aliphatic hydroxyl groups excluding tert-OH is 1. The number of hydrogen-bond acceptors (Lipinski definition) is 4. The largest absolute Gasteiger partial charge is 0.391 e. The van der Waals surface area contributed by atoms with Gasteiger partial charge in [0, 0.05) is 12.2 Å². The molecule has 1 aromatic heterocycles. The average Bonchev–Trinajstić information content (AvgIpc) is 2.81. The van der Waals surface area contributed by atoms with Crippen LogP contribution in [0.3, 0.4) is 0 Å². The molecular weight excluding hydrogens is 232 g/mol. The molecule has 0 radical (unpaired) electrons. The molecule has 0 aromatic carbocycles. The van der Waals surface area contributed by atoms with Gasteiger partial charge in [-0.25, -0.2) is 0 Å². The highest BCUT2D eigenvalue weighted by Gasteiger charge is 2.25. The van der Waals surface area contributed by atoms with Crippen LogP contribution in [0.15, 0.2) is 6.07 Å². The number of aliphatic hydroxyl groups is 1. The van der Waals surface area contributed by atoms with Gasteiger partial charge in [0.15, 0.2) is 0 Å². The smallest absolute Gasteiger partial charge is 0.272 e. The highest BCUT2D eigenvalue weighted by atomic mass is 16.3. The Hall–Kier alpha value is -1.40. The number of aromatic amines is 1. The van der Waals surface area contributed by atoms with Crippen molar-refractivity contribution in [3.8, 4) is 0 Å². The molecule has 0 unspecified atom stereocenters. The van der Waals surface area contributed by atoms with Crippen LogP contribution in [0.25, 0.3) is 0 Å². The number of H-pyrrole nitrogens is 1. The summed E-state index contributed by atoms with van der Waals surface area (Å²) in [6.45, 7) is 3.46. The van der Waals surface area contributed by atoms with Gasteiger partial charge >= 0.3 is 0 Å². The number of aryl methyl sites for hydroxylation is 1. The molecule has 6 nitrogen and oxygen atoms in total. The van der Waals surface area contributed by atoms with Crippen LogP contribution in [0.4, 0.5) is 0 Å². The maximum absolute atomic E-state index is 11.9. The number of amides is 1.